The number of unbranched alkanes of at least 4 members (excludes halogenated alkanes) is 18. The van der Waals surface area contributed by atoms with Crippen molar-refractivity contribution in [2.75, 3.05) is 19.0 Å². The Labute approximate surface area is 234 Å². The van der Waals surface area contributed by atoms with E-state index in [2.05, 4.69) is 19.6 Å². The third kappa shape index (κ3) is 28.2. The van der Waals surface area contributed by atoms with E-state index in [-0.39, 0.29) is 25.2 Å². The van der Waals surface area contributed by atoms with Gasteiger partial charge in [0.25, 0.3) is 0 Å². The minimum Gasteiger partial charge on any atom is -0.462 e. The summed E-state index contributed by atoms with van der Waals surface area (Å²) in [5.41, 5.74) is 0. The molecule has 0 aliphatic carbocycles. The highest BCUT2D eigenvalue weighted by Gasteiger charge is 2.17. The van der Waals surface area contributed by atoms with Crippen molar-refractivity contribution in [3.05, 3.63) is 0 Å². The fourth-order valence-corrected chi connectivity index (χ4v) is 4.74. The molecular formula is C29H55O6PS. The molecule has 0 spiro atoms. The van der Waals surface area contributed by atoms with Gasteiger partial charge in [0.1, 0.15) is 13.2 Å². The molecule has 0 heterocycles. The Morgan fingerprint density at radius 1 is 0.622 bits per heavy atom. The summed E-state index contributed by atoms with van der Waals surface area (Å²) in [6.07, 6.45) is 23.8. The van der Waals surface area contributed by atoms with Crippen LogP contribution >= 0.6 is 21.3 Å². The summed E-state index contributed by atoms with van der Waals surface area (Å²) in [6.45, 7) is 2.11. The van der Waals surface area contributed by atoms with E-state index in [0.717, 1.165) is 44.3 Å². The van der Waals surface area contributed by atoms with Crippen LogP contribution in [0.3, 0.4) is 0 Å². The summed E-state index contributed by atoms with van der Waals surface area (Å²) < 4.78 is 26.2. The predicted octanol–water partition coefficient (Wildman–Crippen LogP) is 9.20. The van der Waals surface area contributed by atoms with Gasteiger partial charge in [0.15, 0.2) is 6.10 Å². The van der Waals surface area contributed by atoms with Gasteiger partial charge in [0, 0.05) is 12.8 Å². The largest absolute Gasteiger partial charge is 0.462 e. The molecule has 0 saturated heterocycles. The molecule has 0 aliphatic heterocycles. The van der Waals surface area contributed by atoms with Gasteiger partial charge < -0.3 is 9.47 Å². The molecule has 0 rings (SSSR count). The monoisotopic (exact) mass is 562 g/mol. The van der Waals surface area contributed by atoms with E-state index in [0.29, 0.717) is 12.8 Å². The van der Waals surface area contributed by atoms with E-state index in [1.807, 2.05) is 0 Å². The summed E-state index contributed by atoms with van der Waals surface area (Å²) >= 11 is 4.24. The van der Waals surface area contributed by atoms with Crippen LogP contribution in [0.4, 0.5) is 0 Å². The van der Waals surface area contributed by atoms with Crippen LogP contribution in [0, 0.1) is 0 Å². The van der Waals surface area contributed by atoms with Gasteiger partial charge >= 0.3 is 20.6 Å². The second-order valence-electron chi connectivity index (χ2n) is 10.1. The molecule has 218 valence electrons. The molecule has 0 unspecified atom stereocenters. The Kier molecular flexibility index (Phi) is 29.4. The molecule has 0 aromatic heterocycles. The van der Waals surface area contributed by atoms with Gasteiger partial charge in [0.2, 0.25) is 0 Å². The smallest absolute Gasteiger partial charge is 0.327 e. The average Bonchev–Trinajstić information content (AvgIpc) is 2.89. The Morgan fingerprint density at radius 2 is 1.05 bits per heavy atom. The lowest BCUT2D eigenvalue weighted by Gasteiger charge is -2.16. The van der Waals surface area contributed by atoms with E-state index < -0.39 is 14.8 Å². The average molecular weight is 563 g/mol. The first-order valence-electron chi connectivity index (χ1n) is 15.0. The van der Waals surface area contributed by atoms with Crippen LogP contribution in [0.15, 0.2) is 0 Å². The Hall–Kier alpha value is -0.650. The molecule has 0 amide bonds. The normalized spacial score (nSPS) is 12.1. The molecule has 0 saturated carbocycles. The Morgan fingerprint density at radius 3 is 1.51 bits per heavy atom. The molecule has 37 heavy (non-hydrogen) atoms. The zero-order chi connectivity index (χ0) is 27.2. The van der Waals surface area contributed by atoms with E-state index in [9.17, 15) is 14.2 Å². The quantitative estimate of drug-likeness (QED) is 0.0424. The topological polar surface area (TPSA) is 78.9 Å². The molecule has 0 aliphatic rings. The first-order valence-corrected chi connectivity index (χ1v) is 16.4. The van der Waals surface area contributed by atoms with E-state index in [1.54, 1.807) is 0 Å². The molecule has 0 radical (unpaired) electrons. The van der Waals surface area contributed by atoms with Crippen LogP contribution in [0.5, 0.6) is 0 Å². The van der Waals surface area contributed by atoms with E-state index >= 15 is 0 Å². The van der Waals surface area contributed by atoms with Gasteiger partial charge in [-0.15, -0.1) is 0 Å². The Balaban J connectivity index is 3.80. The second-order valence-corrected chi connectivity index (χ2v) is 11.0. The molecule has 0 aromatic rings. The molecule has 0 bridgehead atoms. The molecular weight excluding hydrogens is 507 g/mol. The third-order valence-electron chi connectivity index (χ3n) is 6.56. The Bertz CT molecular complexity index is 535. The maximum absolute atomic E-state index is 12.2. The van der Waals surface area contributed by atoms with Crippen molar-refractivity contribution in [2.24, 2.45) is 0 Å². The lowest BCUT2D eigenvalue weighted by Crippen LogP contribution is -2.28. The van der Waals surface area contributed by atoms with Crippen LogP contribution in [-0.2, 0) is 28.2 Å². The summed E-state index contributed by atoms with van der Waals surface area (Å²) in [5, 5.41) is 0. The molecule has 0 N–H and O–H groups in total. The van der Waals surface area contributed by atoms with Crippen LogP contribution in [0.1, 0.15) is 148 Å². The van der Waals surface area contributed by atoms with Crippen molar-refractivity contribution < 1.29 is 28.2 Å². The van der Waals surface area contributed by atoms with Crippen molar-refractivity contribution in [3.63, 3.8) is 0 Å². The number of carbonyl (C=O) groups is 2. The van der Waals surface area contributed by atoms with Crippen molar-refractivity contribution in [1.82, 2.24) is 0 Å². The number of hydrogen-bond acceptors (Lipinski definition) is 7. The van der Waals surface area contributed by atoms with E-state index in [4.69, 9.17) is 14.0 Å². The van der Waals surface area contributed by atoms with Crippen LogP contribution in [0.2, 0.25) is 0 Å². The summed E-state index contributed by atoms with van der Waals surface area (Å²) in [6, 6.07) is 0. The van der Waals surface area contributed by atoms with Gasteiger partial charge in [0.05, 0.1) is 0 Å². The predicted molar refractivity (Wildman–Crippen MR) is 155 cm³/mol. The minimum atomic E-state index is -0.728. The van der Waals surface area contributed by atoms with Crippen molar-refractivity contribution >= 4 is 33.3 Å². The first-order chi connectivity index (χ1) is 18.1. The fourth-order valence-electron chi connectivity index (χ4n) is 4.28. The molecule has 6 nitrogen and oxygen atoms in total. The van der Waals surface area contributed by atoms with Crippen molar-refractivity contribution in [1.29, 1.82) is 0 Å². The van der Waals surface area contributed by atoms with Crippen LogP contribution in [-0.4, -0.2) is 37.0 Å². The van der Waals surface area contributed by atoms with Crippen LogP contribution in [0.25, 0.3) is 0 Å². The molecule has 0 fully saturated rings. The minimum absolute atomic E-state index is 0.0588. The van der Waals surface area contributed by atoms with E-state index in [1.165, 1.54) is 89.9 Å². The lowest BCUT2D eigenvalue weighted by molar-refractivity contribution is -0.160. The highest BCUT2D eigenvalue weighted by Crippen LogP contribution is 2.14. The number of carbonyl (C=O) groups excluding carboxylic acids is 2. The summed E-state index contributed by atoms with van der Waals surface area (Å²) in [5.74, 6) is 0.370. The van der Waals surface area contributed by atoms with Gasteiger partial charge in [-0.3, -0.25) is 14.1 Å². The number of ether oxygens (including phenoxy) is 2. The number of thiol groups is 1. The highest BCUT2D eigenvalue weighted by atomic mass is 32.1. The third-order valence-corrected chi connectivity index (χ3v) is 7.14. The zero-order valence-corrected chi connectivity index (χ0v) is 25.4. The van der Waals surface area contributed by atoms with Gasteiger partial charge in [-0.1, -0.05) is 116 Å². The number of rotatable bonds is 29. The molecule has 1 atom stereocenters. The lowest BCUT2D eigenvalue weighted by atomic mass is 10.1. The molecule has 8 heteroatoms. The highest BCUT2D eigenvalue weighted by molar-refractivity contribution is 7.80. The van der Waals surface area contributed by atoms with Crippen LogP contribution < -0.4 is 0 Å². The summed E-state index contributed by atoms with van der Waals surface area (Å²) in [4.78, 5) is 24.2. The zero-order valence-electron chi connectivity index (χ0n) is 23.6. The first kappa shape index (κ1) is 36.4. The number of esters is 2. The van der Waals surface area contributed by atoms with Gasteiger partial charge in [-0.2, -0.15) is 12.6 Å². The summed E-state index contributed by atoms with van der Waals surface area (Å²) in [7, 11) is -0.484. The SMILES string of the molecule is CCCCCCCCCCCCC(=O)O[C@@H](COP=O)COC(=O)CCCCCCCCCCCCS. The maximum atomic E-state index is 12.2. The van der Waals surface area contributed by atoms with Gasteiger partial charge in [-0.25, -0.2) is 4.57 Å². The fraction of sp³-hybridized carbons (Fsp3) is 0.931. The van der Waals surface area contributed by atoms with Gasteiger partial charge in [-0.05, 0) is 25.0 Å². The van der Waals surface area contributed by atoms with Crippen molar-refractivity contribution in [3.8, 4) is 0 Å². The molecule has 0 aromatic carbocycles. The maximum Gasteiger partial charge on any atom is 0.327 e. The standard InChI is InChI=1S/C29H55O6PS/c1-2-3-4-5-6-7-10-14-17-20-23-29(31)35-27(26-34-36-32)25-33-28(30)22-19-16-13-11-8-9-12-15-18-21-24-37/h27,37H,2-26H2,1H3/t27-/m1/s1. The number of hydrogen-bond donors (Lipinski definition) is 1. The van der Waals surface area contributed by atoms with Crippen molar-refractivity contribution in [2.45, 2.75) is 154 Å². The second kappa shape index (κ2) is 29.9.